The largest absolute Gasteiger partial charge is 0.458 e. The molecule has 0 saturated carbocycles. The van der Waals surface area contributed by atoms with Gasteiger partial charge in [0.15, 0.2) is 23.8 Å². The van der Waals surface area contributed by atoms with Crippen molar-refractivity contribution in [1.29, 1.82) is 0 Å². The number of cyclic esters (lactones) is 1. The van der Waals surface area contributed by atoms with Gasteiger partial charge in [0.1, 0.15) is 17.8 Å². The third-order valence-electron chi connectivity index (χ3n) is 14.1. The van der Waals surface area contributed by atoms with E-state index in [1.54, 1.807) is 63.1 Å². The number of Topliss-reactive ketones (excluding diaryl/α,β-unsaturated/α-hetero) is 2. The molecule has 3 aliphatic heterocycles. The summed E-state index contributed by atoms with van der Waals surface area (Å²) in [6.45, 7) is 14.8. The Kier molecular flexibility index (Phi) is 17.0. The van der Waals surface area contributed by atoms with Gasteiger partial charge in [-0.2, -0.15) is 0 Å². The Hall–Kier alpha value is -5.06. The van der Waals surface area contributed by atoms with Gasteiger partial charge in [-0.25, -0.2) is 9.59 Å². The summed E-state index contributed by atoms with van der Waals surface area (Å²) >= 11 is 0. The van der Waals surface area contributed by atoms with Gasteiger partial charge in [0, 0.05) is 42.4 Å². The van der Waals surface area contributed by atoms with Crippen LogP contribution in [0.5, 0.6) is 0 Å². The fourth-order valence-electron chi connectivity index (χ4n) is 10.4. The molecule has 0 unspecified atom stereocenters. The maximum absolute atomic E-state index is 15.1. The van der Waals surface area contributed by atoms with Crippen LogP contribution < -0.4 is 0 Å². The van der Waals surface area contributed by atoms with E-state index in [9.17, 15) is 19.2 Å². The number of benzene rings is 2. The lowest BCUT2D eigenvalue weighted by Crippen LogP contribution is -2.61. The number of para-hydroxylation sites is 1. The van der Waals surface area contributed by atoms with Gasteiger partial charge in [-0.15, -0.1) is 0 Å². The summed E-state index contributed by atoms with van der Waals surface area (Å²) in [5.74, 6) is -5.98. The average Bonchev–Trinajstić information content (AvgIpc) is 3.58. The van der Waals surface area contributed by atoms with E-state index in [1.165, 1.54) is 6.92 Å². The Balaban J connectivity index is 1.45. The molecule has 0 aliphatic carbocycles. The van der Waals surface area contributed by atoms with E-state index in [0.717, 1.165) is 16.5 Å². The Morgan fingerprint density at radius 1 is 0.926 bits per heavy atom. The molecule has 3 saturated heterocycles. The monoisotopic (exact) mass is 941 g/mol. The lowest BCUT2D eigenvalue weighted by molar-refractivity contribution is -0.296. The number of esters is 2. The number of likely N-dealkylation sites (N-methyl/N-ethyl adjacent to an activating group) is 2. The lowest BCUT2D eigenvalue weighted by Gasteiger charge is -2.48. The number of ether oxygens (including phenoxy) is 6. The molecule has 1 amide bonds. The first kappa shape index (κ1) is 52.3. The number of nitrogens with zero attached hydrogens (tertiary/aromatic N) is 4. The summed E-state index contributed by atoms with van der Waals surface area (Å²) in [7, 11) is 7.57. The van der Waals surface area contributed by atoms with Gasteiger partial charge in [-0.1, -0.05) is 76.2 Å². The second kappa shape index (κ2) is 22.1. The molecule has 6 rings (SSSR count). The third-order valence-corrected chi connectivity index (χ3v) is 14.1. The van der Waals surface area contributed by atoms with E-state index in [0.29, 0.717) is 18.5 Å². The first-order chi connectivity index (χ1) is 32.2. The van der Waals surface area contributed by atoms with Crippen LogP contribution in [-0.4, -0.2) is 151 Å². The van der Waals surface area contributed by atoms with Crippen molar-refractivity contribution in [1.82, 2.24) is 19.7 Å². The third kappa shape index (κ3) is 11.5. The van der Waals surface area contributed by atoms with Crippen LogP contribution in [0.4, 0.5) is 4.79 Å². The molecule has 3 fully saturated rings. The van der Waals surface area contributed by atoms with Crippen LogP contribution in [0.15, 0.2) is 72.9 Å². The van der Waals surface area contributed by atoms with Crippen molar-refractivity contribution in [3.63, 3.8) is 0 Å². The van der Waals surface area contributed by atoms with Crippen LogP contribution in [0, 0.1) is 23.7 Å². The summed E-state index contributed by atoms with van der Waals surface area (Å²) in [5.41, 5.74) is -0.833. The zero-order chi connectivity index (χ0) is 49.7. The summed E-state index contributed by atoms with van der Waals surface area (Å²) in [6, 6.07) is 17.3. The van der Waals surface area contributed by atoms with Crippen LogP contribution in [0.3, 0.4) is 0 Å². The highest BCUT2D eigenvalue weighted by Gasteiger charge is 2.60. The molecule has 1 aromatic heterocycles. The molecular formula is C53H72N4O11. The lowest BCUT2D eigenvalue weighted by atomic mass is 9.73. The molecule has 68 heavy (non-hydrogen) atoms. The van der Waals surface area contributed by atoms with Crippen LogP contribution in [0.2, 0.25) is 0 Å². The summed E-state index contributed by atoms with van der Waals surface area (Å²) < 4.78 is 39.3. The number of carbonyl (C=O) groups excluding carboxylic acids is 5. The van der Waals surface area contributed by atoms with E-state index in [-0.39, 0.29) is 43.9 Å². The van der Waals surface area contributed by atoms with Crippen molar-refractivity contribution >= 4 is 46.6 Å². The van der Waals surface area contributed by atoms with Gasteiger partial charge in [0.25, 0.3) is 0 Å². The molecule has 0 bridgehead atoms. The van der Waals surface area contributed by atoms with Crippen LogP contribution in [-0.2, 0) is 42.8 Å². The van der Waals surface area contributed by atoms with E-state index >= 15 is 4.79 Å². The van der Waals surface area contributed by atoms with Crippen molar-refractivity contribution in [3.05, 3.63) is 84.1 Å². The number of hydrogen-bond acceptors (Lipinski definition) is 14. The minimum Gasteiger partial charge on any atom is -0.458 e. The number of fused-ring (bicyclic) bond motifs is 2. The summed E-state index contributed by atoms with van der Waals surface area (Å²) in [6.07, 6.45) is 0.943. The molecule has 0 spiro atoms. The first-order valence-corrected chi connectivity index (χ1v) is 24.0. The Bertz CT molecular complexity index is 2290. The predicted molar refractivity (Wildman–Crippen MR) is 257 cm³/mol. The molecule has 0 radical (unpaired) electrons. The minimum atomic E-state index is -1.45. The van der Waals surface area contributed by atoms with E-state index < -0.39 is 89.3 Å². The number of hydrogen-bond donors (Lipinski definition) is 0. The maximum atomic E-state index is 15.1. The normalized spacial score (nSPS) is 33.1. The molecular weight excluding hydrogens is 869 g/mol. The number of carbonyl (C=O) groups is 5. The zero-order valence-corrected chi connectivity index (χ0v) is 41.9. The Morgan fingerprint density at radius 3 is 2.29 bits per heavy atom. The van der Waals surface area contributed by atoms with Gasteiger partial charge >= 0.3 is 18.0 Å². The predicted octanol–water partition coefficient (Wildman–Crippen LogP) is 7.25. The molecule has 0 N–H and O–H groups in total. The Labute approximate surface area is 401 Å². The van der Waals surface area contributed by atoms with E-state index in [2.05, 4.69) is 4.98 Å². The molecule has 15 heteroatoms. The van der Waals surface area contributed by atoms with E-state index in [4.69, 9.17) is 28.4 Å². The number of pyridine rings is 1. The average molecular weight is 941 g/mol. The highest BCUT2D eigenvalue weighted by Crippen LogP contribution is 2.43. The molecule has 4 heterocycles. The zero-order valence-electron chi connectivity index (χ0n) is 41.9. The van der Waals surface area contributed by atoms with Crippen molar-refractivity contribution < 1.29 is 52.4 Å². The second-order valence-corrected chi connectivity index (χ2v) is 19.9. The highest BCUT2D eigenvalue weighted by molar-refractivity contribution is 6.00. The first-order valence-electron chi connectivity index (χ1n) is 24.0. The maximum Gasteiger partial charge on any atom is 0.410 e. The van der Waals surface area contributed by atoms with Crippen LogP contribution >= 0.6 is 0 Å². The highest BCUT2D eigenvalue weighted by atomic mass is 16.7. The van der Waals surface area contributed by atoms with Gasteiger partial charge in [0.2, 0.25) is 0 Å². The molecule has 13 atom stereocenters. The molecule has 3 aliphatic rings. The van der Waals surface area contributed by atoms with Crippen LogP contribution in [0.25, 0.3) is 17.0 Å². The molecule has 15 nitrogen and oxygen atoms in total. The van der Waals surface area contributed by atoms with Crippen molar-refractivity contribution in [3.8, 4) is 0 Å². The number of amides is 1. The smallest absolute Gasteiger partial charge is 0.410 e. The fraction of sp³-hybridized carbons (Fsp3) is 0.585. The molecule has 370 valence electrons. The van der Waals surface area contributed by atoms with Crippen molar-refractivity contribution in [2.75, 3.05) is 47.9 Å². The standard InChI is InChI=1S/C53H72N4O11/c1-13-42-53(8)46(57(51(62)68-53)26-25-55(9)10)34(4)43(58)32(2)30-52(7,63-27-19-20-37-29-39-23-17-18-24-40(39)54-31-37)47(35(5)44(59)36(6)48(60)65-42)67-50-45(41(56(11)12)28-33(3)64-50)66-49(61)38-21-15-14-16-22-38/h14-24,29,31-36,41-42,45-47,50H,13,25-28,30H2,1-12H3/b20-19+/t32-,33-,34+,35+,36-,41+,42-,45-,46-,47-,50+,52-,53-/m1/s1. The topological polar surface area (TPSA) is 163 Å². The quantitative estimate of drug-likeness (QED) is 0.0957. The Morgan fingerprint density at radius 2 is 1.62 bits per heavy atom. The summed E-state index contributed by atoms with van der Waals surface area (Å²) in [4.78, 5) is 82.1. The summed E-state index contributed by atoms with van der Waals surface area (Å²) in [5, 5.41) is 0.972. The van der Waals surface area contributed by atoms with E-state index in [1.807, 2.05) is 107 Å². The molecule has 2 aromatic carbocycles. The van der Waals surface area contributed by atoms with Gasteiger partial charge < -0.3 is 38.2 Å². The number of aromatic nitrogens is 1. The minimum absolute atomic E-state index is 0.0202. The van der Waals surface area contributed by atoms with Crippen molar-refractivity contribution in [2.45, 2.75) is 129 Å². The second-order valence-electron chi connectivity index (χ2n) is 19.9. The fourth-order valence-corrected chi connectivity index (χ4v) is 10.4. The SMILES string of the molecule is CC[C@H]1OC(=O)[C@H](C)C(=O)[C@H](C)[C@@H](O[C@@H]2O[C@H](C)C[C@H](N(C)C)[C@H]2OC(=O)c2ccccc2)[C@](C)(OC/C=C/c2cnc3ccccc3c2)C[C@@H](C)C(=O)[C@H](C)[C@H]2N(CCN(C)C)C(=O)O[C@]12C. The number of rotatable bonds is 13. The van der Waals surface area contributed by atoms with Crippen LogP contribution in [0.1, 0.15) is 90.6 Å². The van der Waals surface area contributed by atoms with Gasteiger partial charge in [0.05, 0.1) is 47.6 Å². The molecule has 3 aromatic rings. The van der Waals surface area contributed by atoms with Crippen molar-refractivity contribution in [2.24, 2.45) is 23.7 Å². The van der Waals surface area contributed by atoms with Gasteiger partial charge in [-0.05, 0) is 105 Å². The number of ketones is 2. The van der Waals surface area contributed by atoms with Gasteiger partial charge in [-0.3, -0.25) is 24.3 Å².